The molecular formula is C31H35N7O4. The molecule has 5 aliphatic rings. The molecule has 8 rings (SSSR count). The number of benzene rings is 1. The predicted octanol–water partition coefficient (Wildman–Crippen LogP) is 1.31. The molecule has 11 heteroatoms. The quantitative estimate of drug-likeness (QED) is 0.476. The summed E-state index contributed by atoms with van der Waals surface area (Å²) in [6, 6.07) is 11.9. The summed E-state index contributed by atoms with van der Waals surface area (Å²) in [6.45, 7) is 10.1. The summed E-state index contributed by atoms with van der Waals surface area (Å²) in [7, 11) is 0. The van der Waals surface area contributed by atoms with Gasteiger partial charge in [-0.3, -0.25) is 9.69 Å². The lowest BCUT2D eigenvalue weighted by molar-refractivity contribution is -0.155. The molecule has 0 saturated carbocycles. The van der Waals surface area contributed by atoms with Gasteiger partial charge in [-0.1, -0.05) is 0 Å². The molecule has 42 heavy (non-hydrogen) atoms. The third-order valence-electron chi connectivity index (χ3n) is 9.48. The number of anilines is 2. The molecule has 4 unspecified atom stereocenters. The Hall–Kier alpha value is -3.53. The fraction of sp³-hybridized carbons (Fsp3) is 0.516. The van der Waals surface area contributed by atoms with Crippen molar-refractivity contribution in [3.8, 4) is 6.07 Å². The van der Waals surface area contributed by atoms with Crippen LogP contribution in [0.4, 0.5) is 11.5 Å². The first-order valence-electron chi connectivity index (χ1n) is 14.9. The standard InChI is InChI=1S/C31H35N7O4/c1-19-11-37(26-4-2-20(9-32)30-23(26)3-5-29(39)35-30)13-22(42-19)12-36-17-31(18-36)24-10-34-28(8-21(24)16-41-31)38-14-25-27(15-38)40-7-6-33-25/h2-5,8,10,19,22,25,27,33H,6-7,11-18H2,1H3,(H,35,39). The number of aromatic nitrogens is 2. The van der Waals surface area contributed by atoms with E-state index in [1.54, 1.807) is 6.07 Å². The molecule has 5 aliphatic heterocycles. The Labute approximate surface area is 244 Å². The molecule has 218 valence electrons. The number of hydrogen-bond donors (Lipinski definition) is 2. The minimum Gasteiger partial charge on any atom is -0.373 e. The summed E-state index contributed by atoms with van der Waals surface area (Å²) in [5.74, 6) is 1.01. The second-order valence-electron chi connectivity index (χ2n) is 12.4. The van der Waals surface area contributed by atoms with E-state index >= 15 is 0 Å². The van der Waals surface area contributed by atoms with Gasteiger partial charge in [-0.15, -0.1) is 0 Å². The highest BCUT2D eigenvalue weighted by Crippen LogP contribution is 2.44. The summed E-state index contributed by atoms with van der Waals surface area (Å²) >= 11 is 0. The number of nitriles is 1. The lowest BCUT2D eigenvalue weighted by Gasteiger charge is -2.49. The van der Waals surface area contributed by atoms with E-state index in [1.807, 2.05) is 18.3 Å². The van der Waals surface area contributed by atoms with Crippen molar-refractivity contribution in [3.63, 3.8) is 0 Å². The van der Waals surface area contributed by atoms with Crippen molar-refractivity contribution in [2.75, 3.05) is 68.8 Å². The highest BCUT2D eigenvalue weighted by Gasteiger charge is 2.51. The van der Waals surface area contributed by atoms with Crippen LogP contribution in [0.2, 0.25) is 0 Å². The monoisotopic (exact) mass is 569 g/mol. The Morgan fingerprint density at radius 3 is 2.90 bits per heavy atom. The molecule has 4 saturated heterocycles. The summed E-state index contributed by atoms with van der Waals surface area (Å²) in [6.07, 6.45) is 2.34. The Morgan fingerprint density at radius 1 is 1.14 bits per heavy atom. The van der Waals surface area contributed by atoms with Gasteiger partial charge in [-0.25, -0.2) is 4.98 Å². The van der Waals surface area contributed by atoms with Gasteiger partial charge in [0.2, 0.25) is 5.56 Å². The van der Waals surface area contributed by atoms with E-state index in [1.165, 1.54) is 17.2 Å². The van der Waals surface area contributed by atoms with E-state index < -0.39 is 0 Å². The minimum atomic E-state index is -0.292. The number of pyridine rings is 2. The third kappa shape index (κ3) is 4.37. The van der Waals surface area contributed by atoms with Gasteiger partial charge in [0, 0.05) is 81.3 Å². The number of hydrogen-bond acceptors (Lipinski definition) is 10. The Morgan fingerprint density at radius 2 is 2.05 bits per heavy atom. The molecule has 1 aromatic carbocycles. The van der Waals surface area contributed by atoms with Gasteiger partial charge in [0.1, 0.15) is 17.5 Å². The number of morpholine rings is 2. The molecule has 0 amide bonds. The molecule has 0 bridgehead atoms. The van der Waals surface area contributed by atoms with E-state index in [-0.39, 0.29) is 29.5 Å². The summed E-state index contributed by atoms with van der Waals surface area (Å²) < 4.78 is 18.8. The number of aromatic amines is 1. The van der Waals surface area contributed by atoms with Gasteiger partial charge >= 0.3 is 0 Å². The van der Waals surface area contributed by atoms with Gasteiger partial charge < -0.3 is 34.3 Å². The van der Waals surface area contributed by atoms with Crippen LogP contribution in [0.1, 0.15) is 23.6 Å². The average Bonchev–Trinajstić information content (AvgIpc) is 3.58. The van der Waals surface area contributed by atoms with Crippen molar-refractivity contribution in [1.29, 1.82) is 5.26 Å². The van der Waals surface area contributed by atoms with Crippen molar-refractivity contribution < 1.29 is 14.2 Å². The van der Waals surface area contributed by atoms with Crippen LogP contribution in [0.3, 0.4) is 0 Å². The lowest BCUT2D eigenvalue weighted by atomic mass is 9.86. The van der Waals surface area contributed by atoms with E-state index in [4.69, 9.17) is 19.2 Å². The van der Waals surface area contributed by atoms with E-state index in [9.17, 15) is 10.1 Å². The molecule has 3 aromatic rings. The van der Waals surface area contributed by atoms with Gasteiger partial charge in [-0.05, 0) is 36.8 Å². The predicted molar refractivity (Wildman–Crippen MR) is 157 cm³/mol. The zero-order valence-corrected chi connectivity index (χ0v) is 23.7. The Kier molecular flexibility index (Phi) is 6.24. The van der Waals surface area contributed by atoms with Crippen LogP contribution in [0.25, 0.3) is 10.9 Å². The summed E-state index contributed by atoms with van der Waals surface area (Å²) in [4.78, 5) is 26.8. The maximum Gasteiger partial charge on any atom is 0.248 e. The van der Waals surface area contributed by atoms with Crippen LogP contribution in [0.15, 0.2) is 41.3 Å². The highest BCUT2D eigenvalue weighted by atomic mass is 16.5. The molecular weight excluding hydrogens is 534 g/mol. The summed E-state index contributed by atoms with van der Waals surface area (Å²) in [5, 5.41) is 14.0. The number of rotatable bonds is 4. The number of fused-ring (bicyclic) bond motifs is 4. The Bertz CT molecular complexity index is 1620. The van der Waals surface area contributed by atoms with Gasteiger partial charge in [0.15, 0.2) is 0 Å². The molecule has 4 fully saturated rings. The topological polar surface area (TPSA) is 119 Å². The zero-order chi connectivity index (χ0) is 28.4. The molecule has 0 radical (unpaired) electrons. The first kappa shape index (κ1) is 26.1. The van der Waals surface area contributed by atoms with Crippen molar-refractivity contribution >= 4 is 22.4 Å². The third-order valence-corrected chi connectivity index (χ3v) is 9.48. The second-order valence-corrected chi connectivity index (χ2v) is 12.4. The normalized spacial score (nSPS) is 28.5. The Balaban J connectivity index is 0.942. The fourth-order valence-corrected chi connectivity index (χ4v) is 7.56. The zero-order valence-electron chi connectivity index (χ0n) is 23.7. The largest absolute Gasteiger partial charge is 0.373 e. The van der Waals surface area contributed by atoms with Crippen LogP contribution in [0, 0.1) is 11.3 Å². The molecule has 0 aliphatic carbocycles. The second kappa shape index (κ2) is 10.0. The SMILES string of the molecule is CC1CN(c2ccc(C#N)c3[nH]c(=O)ccc23)CC(CN2CC3(C2)OCc2cc(N4CC5NCCOC5C4)ncc23)O1. The first-order chi connectivity index (χ1) is 20.5. The van der Waals surface area contributed by atoms with Crippen LogP contribution in [-0.2, 0) is 26.4 Å². The van der Waals surface area contributed by atoms with Crippen molar-refractivity contribution in [2.24, 2.45) is 0 Å². The number of nitrogens with one attached hydrogen (secondary N) is 2. The van der Waals surface area contributed by atoms with Crippen LogP contribution in [0.5, 0.6) is 0 Å². The number of ether oxygens (including phenoxy) is 3. The van der Waals surface area contributed by atoms with E-state index in [2.05, 4.69) is 44.1 Å². The molecule has 11 nitrogen and oxygen atoms in total. The van der Waals surface area contributed by atoms with Gasteiger partial charge in [0.05, 0.1) is 48.6 Å². The lowest BCUT2D eigenvalue weighted by Crippen LogP contribution is -2.62. The van der Waals surface area contributed by atoms with Gasteiger partial charge in [0.25, 0.3) is 0 Å². The van der Waals surface area contributed by atoms with E-state index in [0.717, 1.165) is 75.9 Å². The maximum atomic E-state index is 12.0. The average molecular weight is 570 g/mol. The molecule has 4 atom stereocenters. The molecule has 7 heterocycles. The van der Waals surface area contributed by atoms with Crippen molar-refractivity contribution in [1.82, 2.24) is 20.2 Å². The van der Waals surface area contributed by atoms with Crippen molar-refractivity contribution in [2.45, 2.75) is 43.5 Å². The fourth-order valence-electron chi connectivity index (χ4n) is 7.56. The van der Waals surface area contributed by atoms with Crippen LogP contribution < -0.4 is 20.7 Å². The number of likely N-dealkylation sites (tertiary alicyclic amines) is 1. The minimum absolute atomic E-state index is 0.0236. The summed E-state index contributed by atoms with van der Waals surface area (Å²) in [5.41, 5.74) is 4.02. The van der Waals surface area contributed by atoms with Crippen molar-refractivity contribution in [3.05, 3.63) is 63.6 Å². The van der Waals surface area contributed by atoms with E-state index in [0.29, 0.717) is 23.7 Å². The highest BCUT2D eigenvalue weighted by molar-refractivity contribution is 5.95. The van der Waals surface area contributed by atoms with Crippen LogP contribution in [-0.4, -0.2) is 98.2 Å². The molecule has 2 aromatic heterocycles. The molecule has 1 spiro atoms. The van der Waals surface area contributed by atoms with Crippen LogP contribution >= 0.6 is 0 Å². The number of H-pyrrole nitrogens is 1. The van der Waals surface area contributed by atoms with Gasteiger partial charge in [-0.2, -0.15) is 5.26 Å². The first-order valence-corrected chi connectivity index (χ1v) is 14.9. The maximum absolute atomic E-state index is 12.0. The smallest absolute Gasteiger partial charge is 0.248 e. The number of nitrogens with zero attached hydrogens (tertiary/aromatic N) is 5. The molecule has 2 N–H and O–H groups in total.